The van der Waals surface area contributed by atoms with Gasteiger partial charge in [-0.05, 0) is 61.5 Å². The average molecular weight is 419 g/mol. The average Bonchev–Trinajstić information content (AvgIpc) is 3.32. The van der Waals surface area contributed by atoms with Gasteiger partial charge >= 0.3 is 0 Å². The van der Waals surface area contributed by atoms with Crippen LogP contribution in [0.5, 0.6) is 5.75 Å². The maximum atomic E-state index is 13.4. The first-order valence-corrected chi connectivity index (χ1v) is 10.6. The van der Waals surface area contributed by atoms with E-state index in [1.165, 1.54) is 16.2 Å². The molecule has 0 radical (unpaired) electrons. The predicted octanol–water partition coefficient (Wildman–Crippen LogP) is 5.16. The number of imide groups is 1. The molecule has 5 nitrogen and oxygen atoms in total. The third-order valence-corrected chi connectivity index (χ3v) is 5.78. The molecule has 0 spiro atoms. The van der Waals surface area contributed by atoms with Crippen LogP contribution in [0.15, 0.2) is 65.7 Å². The lowest BCUT2D eigenvalue weighted by molar-refractivity contribution is -0.120. The van der Waals surface area contributed by atoms with Crippen LogP contribution in [-0.4, -0.2) is 18.4 Å². The molecule has 2 aromatic carbocycles. The van der Waals surface area contributed by atoms with Gasteiger partial charge in [-0.3, -0.25) is 9.59 Å². The number of rotatable bonds is 6. The van der Waals surface area contributed by atoms with Crippen LogP contribution < -0.4 is 15.0 Å². The molecule has 30 heavy (non-hydrogen) atoms. The van der Waals surface area contributed by atoms with Gasteiger partial charge in [-0.25, -0.2) is 4.90 Å². The topological polar surface area (TPSA) is 58.6 Å². The second-order valence-corrected chi connectivity index (χ2v) is 7.99. The first-order chi connectivity index (χ1) is 14.5. The standard InChI is InChI=1S/C24H22N2O3S/c1-4-29-18-8-5-7-17(14-18)26-23(27)21(20-9-6-12-30-20)22(24(26)28)25-19-13-15(2)10-11-16(19)3/h5-14,25H,4H2,1-3H3. The molecule has 1 aliphatic rings. The summed E-state index contributed by atoms with van der Waals surface area (Å²) in [4.78, 5) is 28.8. The number of carbonyl (C=O) groups is 2. The number of anilines is 2. The molecule has 2 amide bonds. The Morgan fingerprint density at radius 1 is 1.00 bits per heavy atom. The van der Waals surface area contributed by atoms with Gasteiger partial charge < -0.3 is 10.1 Å². The van der Waals surface area contributed by atoms with Crippen molar-refractivity contribution in [3.63, 3.8) is 0 Å². The first kappa shape index (κ1) is 19.9. The van der Waals surface area contributed by atoms with E-state index < -0.39 is 0 Å². The smallest absolute Gasteiger partial charge is 0.282 e. The minimum atomic E-state index is -0.377. The highest BCUT2D eigenvalue weighted by atomic mass is 32.1. The molecule has 0 saturated carbocycles. The SMILES string of the molecule is CCOc1cccc(N2C(=O)C(Nc3cc(C)ccc3C)=C(c3cccs3)C2=O)c1. The zero-order valence-electron chi connectivity index (χ0n) is 17.1. The van der Waals surface area contributed by atoms with E-state index in [0.29, 0.717) is 23.6 Å². The van der Waals surface area contributed by atoms with Gasteiger partial charge in [0, 0.05) is 16.6 Å². The third-order valence-electron chi connectivity index (χ3n) is 4.89. The Hall–Kier alpha value is -3.38. The van der Waals surface area contributed by atoms with Gasteiger partial charge in [0.05, 0.1) is 17.9 Å². The van der Waals surface area contributed by atoms with Gasteiger partial charge in [0.1, 0.15) is 11.4 Å². The van der Waals surface area contributed by atoms with Crippen molar-refractivity contribution in [2.45, 2.75) is 20.8 Å². The van der Waals surface area contributed by atoms with E-state index in [1.54, 1.807) is 24.3 Å². The van der Waals surface area contributed by atoms with Crippen molar-refractivity contribution in [1.29, 1.82) is 0 Å². The van der Waals surface area contributed by atoms with Crippen LogP contribution >= 0.6 is 11.3 Å². The molecular formula is C24H22N2O3S. The molecule has 1 N–H and O–H groups in total. The highest BCUT2D eigenvalue weighted by Gasteiger charge is 2.41. The number of hydrogen-bond acceptors (Lipinski definition) is 5. The molecule has 152 valence electrons. The van der Waals surface area contributed by atoms with Crippen molar-refractivity contribution in [1.82, 2.24) is 0 Å². The minimum absolute atomic E-state index is 0.290. The number of hydrogen-bond donors (Lipinski definition) is 1. The summed E-state index contributed by atoms with van der Waals surface area (Å²) in [6.07, 6.45) is 0. The lowest BCUT2D eigenvalue weighted by atomic mass is 10.1. The summed E-state index contributed by atoms with van der Waals surface area (Å²) in [6, 6.07) is 16.8. The van der Waals surface area contributed by atoms with Crippen molar-refractivity contribution in [2.24, 2.45) is 0 Å². The van der Waals surface area contributed by atoms with Crippen molar-refractivity contribution in [3.8, 4) is 5.75 Å². The van der Waals surface area contributed by atoms with E-state index in [-0.39, 0.29) is 17.5 Å². The maximum Gasteiger partial charge on any atom is 0.282 e. The fraction of sp³-hybridized carbons (Fsp3) is 0.167. The largest absolute Gasteiger partial charge is 0.494 e. The Labute approximate surface area is 179 Å². The number of thiophene rings is 1. The maximum absolute atomic E-state index is 13.4. The van der Waals surface area contributed by atoms with Crippen LogP contribution in [-0.2, 0) is 9.59 Å². The lowest BCUT2D eigenvalue weighted by Crippen LogP contribution is -2.32. The Balaban J connectivity index is 1.79. The number of amides is 2. The molecule has 3 aromatic rings. The van der Waals surface area contributed by atoms with Gasteiger partial charge in [0.25, 0.3) is 11.8 Å². The van der Waals surface area contributed by atoms with Crippen molar-refractivity contribution in [3.05, 3.63) is 81.7 Å². The molecule has 2 heterocycles. The summed E-state index contributed by atoms with van der Waals surface area (Å²) >= 11 is 1.43. The zero-order chi connectivity index (χ0) is 21.3. The van der Waals surface area contributed by atoms with Gasteiger partial charge in [0.15, 0.2) is 0 Å². The van der Waals surface area contributed by atoms with Crippen molar-refractivity contribution in [2.75, 3.05) is 16.8 Å². The van der Waals surface area contributed by atoms with Crippen molar-refractivity contribution >= 4 is 40.1 Å². The highest BCUT2D eigenvalue weighted by molar-refractivity contribution is 7.11. The van der Waals surface area contributed by atoms with Gasteiger partial charge in [0.2, 0.25) is 0 Å². The Bertz CT molecular complexity index is 1150. The van der Waals surface area contributed by atoms with E-state index in [9.17, 15) is 9.59 Å². The molecule has 0 atom stereocenters. The van der Waals surface area contributed by atoms with Crippen LogP contribution in [0.2, 0.25) is 0 Å². The van der Waals surface area contributed by atoms with Crippen LogP contribution in [0.1, 0.15) is 22.9 Å². The number of ether oxygens (including phenoxy) is 1. The van der Waals surface area contributed by atoms with Gasteiger partial charge in [-0.15, -0.1) is 11.3 Å². The second-order valence-electron chi connectivity index (χ2n) is 7.05. The van der Waals surface area contributed by atoms with E-state index in [0.717, 1.165) is 21.7 Å². The van der Waals surface area contributed by atoms with E-state index in [4.69, 9.17) is 4.74 Å². The summed E-state index contributed by atoms with van der Waals surface area (Å²) in [7, 11) is 0. The van der Waals surface area contributed by atoms with E-state index >= 15 is 0 Å². The fourth-order valence-corrected chi connectivity index (χ4v) is 4.18. The predicted molar refractivity (Wildman–Crippen MR) is 121 cm³/mol. The second kappa shape index (κ2) is 8.16. The van der Waals surface area contributed by atoms with Gasteiger partial charge in [-0.2, -0.15) is 0 Å². The lowest BCUT2D eigenvalue weighted by Gasteiger charge is -2.17. The molecule has 0 saturated heterocycles. The summed E-state index contributed by atoms with van der Waals surface area (Å²) in [5.74, 6) is -0.105. The normalized spacial score (nSPS) is 13.9. The molecular weight excluding hydrogens is 396 g/mol. The van der Waals surface area contributed by atoms with Crippen LogP contribution in [0, 0.1) is 13.8 Å². The monoisotopic (exact) mass is 418 g/mol. The van der Waals surface area contributed by atoms with Crippen LogP contribution in [0.4, 0.5) is 11.4 Å². The zero-order valence-corrected chi connectivity index (χ0v) is 17.9. The quantitative estimate of drug-likeness (QED) is 0.562. The Morgan fingerprint density at radius 2 is 1.83 bits per heavy atom. The van der Waals surface area contributed by atoms with Crippen LogP contribution in [0.3, 0.4) is 0 Å². The summed E-state index contributed by atoms with van der Waals surface area (Å²) in [5.41, 5.74) is 4.04. The number of benzene rings is 2. The third kappa shape index (κ3) is 3.62. The molecule has 1 aromatic heterocycles. The van der Waals surface area contributed by atoms with E-state index in [1.807, 2.05) is 56.5 Å². The minimum Gasteiger partial charge on any atom is -0.494 e. The molecule has 0 fully saturated rings. The van der Waals surface area contributed by atoms with Gasteiger partial charge in [-0.1, -0.05) is 24.3 Å². The summed E-state index contributed by atoms with van der Waals surface area (Å²) in [6.45, 7) is 6.36. The summed E-state index contributed by atoms with van der Waals surface area (Å²) in [5, 5.41) is 5.15. The molecule has 0 unspecified atom stereocenters. The van der Waals surface area contributed by atoms with Crippen LogP contribution in [0.25, 0.3) is 5.57 Å². The highest BCUT2D eigenvalue weighted by Crippen LogP contribution is 2.36. The number of nitrogens with one attached hydrogen (secondary N) is 1. The molecule has 4 rings (SSSR count). The number of nitrogens with zero attached hydrogens (tertiary/aromatic N) is 1. The number of carbonyl (C=O) groups excluding carboxylic acids is 2. The molecule has 0 bridgehead atoms. The molecule has 1 aliphatic heterocycles. The fourth-order valence-electron chi connectivity index (χ4n) is 3.41. The van der Waals surface area contributed by atoms with E-state index in [2.05, 4.69) is 5.32 Å². The molecule has 0 aliphatic carbocycles. The van der Waals surface area contributed by atoms with Crippen molar-refractivity contribution < 1.29 is 14.3 Å². The summed E-state index contributed by atoms with van der Waals surface area (Å²) < 4.78 is 5.55. The Kier molecular flexibility index (Phi) is 5.42. The Morgan fingerprint density at radius 3 is 2.57 bits per heavy atom. The number of aryl methyl sites for hydroxylation is 2. The molecule has 6 heteroatoms. The first-order valence-electron chi connectivity index (χ1n) is 9.73.